The van der Waals surface area contributed by atoms with Crippen LogP contribution in [0.2, 0.25) is 0 Å². The van der Waals surface area contributed by atoms with Crippen LogP contribution in [0.4, 0.5) is 0 Å². The van der Waals surface area contributed by atoms with Gasteiger partial charge in [0, 0.05) is 6.54 Å². The van der Waals surface area contributed by atoms with Crippen molar-refractivity contribution < 1.29 is 14.3 Å². The maximum atomic E-state index is 11.2. The van der Waals surface area contributed by atoms with Crippen molar-refractivity contribution >= 4 is 11.9 Å². The highest BCUT2D eigenvalue weighted by atomic mass is 16.5. The molecule has 1 aliphatic rings. The van der Waals surface area contributed by atoms with E-state index >= 15 is 0 Å². The second kappa shape index (κ2) is 4.09. The number of ether oxygens (including phenoxy) is 2. The number of methoxy groups -OCH3 is 2. The lowest BCUT2D eigenvalue weighted by atomic mass is 10.0. The van der Waals surface area contributed by atoms with E-state index in [2.05, 4.69) is 9.73 Å². The number of carbonyl (C=O) groups excluding carboxylic acids is 1. The SMILES string of the molecule is COC(=O)C1CCCN=C1OC. The fourth-order valence-electron chi connectivity index (χ4n) is 1.29. The van der Waals surface area contributed by atoms with Crippen LogP contribution in [0.5, 0.6) is 0 Å². The fourth-order valence-corrected chi connectivity index (χ4v) is 1.29. The van der Waals surface area contributed by atoms with Crippen molar-refractivity contribution in [3.63, 3.8) is 0 Å². The second-order valence-corrected chi connectivity index (χ2v) is 2.64. The molecule has 12 heavy (non-hydrogen) atoms. The molecule has 68 valence electrons. The molecule has 0 radical (unpaired) electrons. The van der Waals surface area contributed by atoms with Gasteiger partial charge in [-0.15, -0.1) is 0 Å². The molecule has 0 aliphatic carbocycles. The van der Waals surface area contributed by atoms with Crippen molar-refractivity contribution in [3.05, 3.63) is 0 Å². The standard InChI is InChI=1S/C8H13NO3/c1-11-7-6(8(10)12-2)4-3-5-9-7/h6H,3-5H2,1-2H3. The van der Waals surface area contributed by atoms with Crippen molar-refractivity contribution in [1.82, 2.24) is 0 Å². The molecule has 0 spiro atoms. The van der Waals surface area contributed by atoms with Gasteiger partial charge in [-0.1, -0.05) is 0 Å². The minimum atomic E-state index is -0.284. The Morgan fingerprint density at radius 3 is 2.92 bits per heavy atom. The minimum absolute atomic E-state index is 0.254. The van der Waals surface area contributed by atoms with Gasteiger partial charge in [0.15, 0.2) is 5.90 Å². The van der Waals surface area contributed by atoms with Gasteiger partial charge < -0.3 is 9.47 Å². The molecule has 0 aromatic heterocycles. The molecule has 1 heterocycles. The number of hydrogen-bond acceptors (Lipinski definition) is 4. The second-order valence-electron chi connectivity index (χ2n) is 2.64. The van der Waals surface area contributed by atoms with E-state index in [0.29, 0.717) is 5.90 Å². The summed E-state index contributed by atoms with van der Waals surface area (Å²) in [5.41, 5.74) is 0. The summed E-state index contributed by atoms with van der Waals surface area (Å²) in [7, 11) is 2.91. The van der Waals surface area contributed by atoms with Crippen LogP contribution in [-0.2, 0) is 14.3 Å². The number of rotatable bonds is 1. The van der Waals surface area contributed by atoms with E-state index in [1.165, 1.54) is 14.2 Å². The van der Waals surface area contributed by atoms with Gasteiger partial charge in [0.1, 0.15) is 5.92 Å². The molecule has 0 saturated carbocycles. The maximum absolute atomic E-state index is 11.2. The summed E-state index contributed by atoms with van der Waals surface area (Å²) in [5.74, 6) is -0.0304. The summed E-state index contributed by atoms with van der Waals surface area (Å²) in [6, 6.07) is 0. The Balaban J connectivity index is 2.67. The molecule has 0 bridgehead atoms. The molecule has 0 N–H and O–H groups in total. The van der Waals surface area contributed by atoms with Gasteiger partial charge in [-0.3, -0.25) is 9.79 Å². The van der Waals surface area contributed by atoms with Gasteiger partial charge in [-0.2, -0.15) is 0 Å². The molecule has 1 aliphatic heterocycles. The van der Waals surface area contributed by atoms with Gasteiger partial charge >= 0.3 is 5.97 Å². The molecule has 1 unspecified atom stereocenters. The van der Waals surface area contributed by atoms with E-state index in [4.69, 9.17) is 4.74 Å². The van der Waals surface area contributed by atoms with Crippen LogP contribution in [0.15, 0.2) is 4.99 Å². The van der Waals surface area contributed by atoms with Gasteiger partial charge in [0.2, 0.25) is 0 Å². The molecule has 0 aromatic carbocycles. The van der Waals surface area contributed by atoms with Crippen LogP contribution in [0.1, 0.15) is 12.8 Å². The lowest BCUT2D eigenvalue weighted by molar-refractivity contribution is -0.143. The number of nitrogens with zero attached hydrogens (tertiary/aromatic N) is 1. The first-order valence-electron chi connectivity index (χ1n) is 3.95. The van der Waals surface area contributed by atoms with Crippen LogP contribution < -0.4 is 0 Å². The van der Waals surface area contributed by atoms with E-state index in [1.807, 2.05) is 0 Å². The Kier molecular flexibility index (Phi) is 3.08. The first-order chi connectivity index (χ1) is 5.79. The van der Waals surface area contributed by atoms with E-state index in [0.717, 1.165) is 19.4 Å². The highest BCUT2D eigenvalue weighted by Gasteiger charge is 2.28. The predicted octanol–water partition coefficient (Wildman–Crippen LogP) is 0.614. The van der Waals surface area contributed by atoms with E-state index in [1.54, 1.807) is 0 Å². The highest BCUT2D eigenvalue weighted by molar-refractivity contribution is 5.98. The van der Waals surface area contributed by atoms with Gasteiger partial charge in [-0.25, -0.2) is 0 Å². The zero-order valence-electron chi connectivity index (χ0n) is 7.37. The van der Waals surface area contributed by atoms with Crippen LogP contribution in [0, 0.1) is 5.92 Å². The number of esters is 1. The van der Waals surface area contributed by atoms with E-state index in [-0.39, 0.29) is 11.9 Å². The summed E-state index contributed by atoms with van der Waals surface area (Å²) in [6.45, 7) is 0.747. The third kappa shape index (κ3) is 1.75. The molecule has 0 saturated heterocycles. The first-order valence-corrected chi connectivity index (χ1v) is 3.95. The Hall–Kier alpha value is -1.06. The van der Waals surface area contributed by atoms with Crippen molar-refractivity contribution in [3.8, 4) is 0 Å². The topological polar surface area (TPSA) is 47.9 Å². The normalized spacial score (nSPS) is 22.8. The summed E-state index contributed by atoms with van der Waals surface area (Å²) in [5, 5.41) is 0. The van der Waals surface area contributed by atoms with Gasteiger partial charge in [0.25, 0.3) is 0 Å². The molecule has 0 amide bonds. The predicted molar refractivity (Wildman–Crippen MR) is 44.1 cm³/mol. The molecule has 0 aromatic rings. The van der Waals surface area contributed by atoms with Crippen LogP contribution in [0.3, 0.4) is 0 Å². The molecule has 1 atom stereocenters. The van der Waals surface area contributed by atoms with E-state index in [9.17, 15) is 4.79 Å². The molecular weight excluding hydrogens is 158 g/mol. The third-order valence-electron chi connectivity index (χ3n) is 1.91. The monoisotopic (exact) mass is 171 g/mol. The zero-order chi connectivity index (χ0) is 8.97. The van der Waals surface area contributed by atoms with Crippen LogP contribution >= 0.6 is 0 Å². The first kappa shape index (κ1) is 9.03. The Bertz CT molecular complexity index is 200. The molecule has 0 fully saturated rings. The Labute approximate surface area is 71.6 Å². The lowest BCUT2D eigenvalue weighted by Crippen LogP contribution is -2.29. The Morgan fingerprint density at radius 2 is 2.33 bits per heavy atom. The number of hydrogen-bond donors (Lipinski definition) is 0. The van der Waals surface area contributed by atoms with Gasteiger partial charge in [0.05, 0.1) is 14.2 Å². The summed E-state index contributed by atoms with van der Waals surface area (Å²) < 4.78 is 9.60. The molecule has 4 heteroatoms. The largest absolute Gasteiger partial charge is 0.484 e. The van der Waals surface area contributed by atoms with Crippen LogP contribution in [0.25, 0.3) is 0 Å². The fraction of sp³-hybridized carbons (Fsp3) is 0.750. The molecular formula is C8H13NO3. The summed E-state index contributed by atoms with van der Waals surface area (Å²) in [6.07, 6.45) is 1.70. The smallest absolute Gasteiger partial charge is 0.318 e. The summed E-state index contributed by atoms with van der Waals surface area (Å²) >= 11 is 0. The third-order valence-corrected chi connectivity index (χ3v) is 1.91. The molecule has 1 rings (SSSR count). The average Bonchev–Trinajstić information content (AvgIpc) is 2.16. The average molecular weight is 171 g/mol. The Morgan fingerprint density at radius 1 is 1.58 bits per heavy atom. The lowest BCUT2D eigenvalue weighted by Gasteiger charge is -2.19. The quantitative estimate of drug-likeness (QED) is 0.543. The zero-order valence-corrected chi connectivity index (χ0v) is 7.37. The van der Waals surface area contributed by atoms with Crippen molar-refractivity contribution in [2.45, 2.75) is 12.8 Å². The van der Waals surface area contributed by atoms with Crippen molar-refractivity contribution in [2.75, 3.05) is 20.8 Å². The minimum Gasteiger partial charge on any atom is -0.484 e. The highest BCUT2D eigenvalue weighted by Crippen LogP contribution is 2.16. The summed E-state index contributed by atoms with van der Waals surface area (Å²) in [4.78, 5) is 15.2. The van der Waals surface area contributed by atoms with Crippen LogP contribution in [-0.4, -0.2) is 32.6 Å². The molecule has 4 nitrogen and oxygen atoms in total. The number of carbonyl (C=O) groups is 1. The van der Waals surface area contributed by atoms with Crippen molar-refractivity contribution in [1.29, 1.82) is 0 Å². The van der Waals surface area contributed by atoms with E-state index < -0.39 is 0 Å². The van der Waals surface area contributed by atoms with Gasteiger partial charge in [-0.05, 0) is 12.8 Å². The van der Waals surface area contributed by atoms with Crippen molar-refractivity contribution in [2.24, 2.45) is 10.9 Å². The number of aliphatic imine (C=N–C) groups is 1. The maximum Gasteiger partial charge on any atom is 0.318 e.